The molecule has 0 aromatic carbocycles. The predicted molar refractivity (Wildman–Crippen MR) is 72.7 cm³/mol. The molecule has 0 radical (unpaired) electrons. The summed E-state index contributed by atoms with van der Waals surface area (Å²) in [5.74, 6) is 0.0872. The number of carbonyl (C=O) groups excluding carboxylic acids is 2. The minimum absolute atomic E-state index is 0.0207. The van der Waals surface area contributed by atoms with Gasteiger partial charge in [-0.15, -0.1) is 0 Å². The third-order valence-electron chi connectivity index (χ3n) is 4.75. The lowest BCUT2D eigenvalue weighted by Crippen LogP contribution is -2.67. The summed E-state index contributed by atoms with van der Waals surface area (Å²) < 4.78 is 23.8. The summed E-state index contributed by atoms with van der Waals surface area (Å²) in [5, 5.41) is 2.30. The van der Waals surface area contributed by atoms with Crippen LogP contribution in [0.2, 0.25) is 0 Å². The predicted octanol–water partition coefficient (Wildman–Crippen LogP) is -0.309. The third-order valence-corrected chi connectivity index (χ3v) is 7.00. The van der Waals surface area contributed by atoms with Crippen molar-refractivity contribution in [3.63, 3.8) is 0 Å². The fourth-order valence-electron chi connectivity index (χ4n) is 3.35. The maximum absolute atomic E-state index is 12.6. The van der Waals surface area contributed by atoms with Crippen molar-refractivity contribution in [1.82, 2.24) is 10.2 Å². The van der Waals surface area contributed by atoms with Crippen molar-refractivity contribution in [3.8, 4) is 0 Å². The van der Waals surface area contributed by atoms with Gasteiger partial charge in [0.05, 0.1) is 17.5 Å². The first kappa shape index (κ1) is 13.9. The Morgan fingerprint density at radius 3 is 2.55 bits per heavy atom. The van der Waals surface area contributed by atoms with Crippen LogP contribution >= 0.6 is 0 Å². The van der Waals surface area contributed by atoms with E-state index in [9.17, 15) is 18.0 Å². The van der Waals surface area contributed by atoms with E-state index in [1.54, 1.807) is 6.92 Å². The molecule has 1 saturated carbocycles. The molecule has 20 heavy (non-hydrogen) atoms. The average Bonchev–Trinajstić information content (AvgIpc) is 3.14. The van der Waals surface area contributed by atoms with E-state index in [2.05, 4.69) is 5.32 Å². The van der Waals surface area contributed by atoms with Crippen LogP contribution in [-0.2, 0) is 19.4 Å². The fraction of sp³-hybridized carbons (Fsp3) is 0.846. The van der Waals surface area contributed by atoms with Crippen LogP contribution in [0.5, 0.6) is 0 Å². The summed E-state index contributed by atoms with van der Waals surface area (Å²) in [5.41, 5.74) is -0.836. The Kier molecular flexibility index (Phi) is 3.08. The van der Waals surface area contributed by atoms with Crippen LogP contribution in [0.4, 0.5) is 0 Å². The maximum Gasteiger partial charge on any atom is 0.248 e. The summed E-state index contributed by atoms with van der Waals surface area (Å²) in [7, 11) is -3.09. The molecular weight excluding hydrogens is 280 g/mol. The monoisotopic (exact) mass is 300 g/mol. The van der Waals surface area contributed by atoms with Crippen molar-refractivity contribution in [1.29, 1.82) is 0 Å². The van der Waals surface area contributed by atoms with Crippen molar-refractivity contribution in [2.24, 2.45) is 5.92 Å². The van der Waals surface area contributed by atoms with Crippen LogP contribution in [-0.4, -0.2) is 54.8 Å². The molecule has 2 aliphatic heterocycles. The molecule has 7 heteroatoms. The summed E-state index contributed by atoms with van der Waals surface area (Å²) in [4.78, 5) is 25.9. The van der Waals surface area contributed by atoms with Crippen LogP contribution in [0, 0.1) is 5.92 Å². The van der Waals surface area contributed by atoms with E-state index in [1.807, 2.05) is 0 Å². The number of carbonyl (C=O) groups is 2. The molecule has 0 aromatic heterocycles. The topological polar surface area (TPSA) is 83.6 Å². The molecular formula is C13H20N2O4S. The molecule has 2 atom stereocenters. The van der Waals surface area contributed by atoms with Crippen molar-refractivity contribution in [2.45, 2.75) is 43.4 Å². The Hall–Kier alpha value is -1.11. The van der Waals surface area contributed by atoms with Gasteiger partial charge in [0.1, 0.15) is 5.54 Å². The second-order valence-corrected chi connectivity index (χ2v) is 8.74. The third kappa shape index (κ3) is 2.21. The zero-order valence-corrected chi connectivity index (χ0v) is 12.4. The summed E-state index contributed by atoms with van der Waals surface area (Å²) >= 11 is 0. The number of sulfone groups is 1. The van der Waals surface area contributed by atoms with Gasteiger partial charge in [0.2, 0.25) is 11.8 Å². The second kappa shape index (κ2) is 4.44. The van der Waals surface area contributed by atoms with E-state index >= 15 is 0 Å². The normalized spacial score (nSPS) is 37.0. The van der Waals surface area contributed by atoms with Gasteiger partial charge in [-0.25, -0.2) is 8.42 Å². The van der Waals surface area contributed by atoms with E-state index in [0.29, 0.717) is 12.8 Å². The Morgan fingerprint density at radius 2 is 2.00 bits per heavy atom. The number of piperazine rings is 1. The number of rotatable bonds is 3. The molecule has 2 heterocycles. The summed E-state index contributed by atoms with van der Waals surface area (Å²) in [6.45, 7) is 1.91. The summed E-state index contributed by atoms with van der Waals surface area (Å²) in [6, 6.07) is 0. The maximum atomic E-state index is 12.6. The quantitative estimate of drug-likeness (QED) is 0.775. The van der Waals surface area contributed by atoms with Crippen molar-refractivity contribution < 1.29 is 18.0 Å². The van der Waals surface area contributed by atoms with Crippen LogP contribution in [0.1, 0.15) is 32.6 Å². The lowest BCUT2D eigenvalue weighted by Gasteiger charge is -2.40. The Morgan fingerprint density at radius 1 is 1.30 bits per heavy atom. The van der Waals surface area contributed by atoms with Crippen molar-refractivity contribution >= 4 is 21.7 Å². The molecule has 112 valence electrons. The first-order valence-electron chi connectivity index (χ1n) is 7.15. The number of nitrogens with one attached hydrogen (secondary N) is 1. The average molecular weight is 300 g/mol. The molecule has 0 bridgehead atoms. The molecule has 6 nitrogen and oxygen atoms in total. The molecule has 0 aromatic rings. The van der Waals surface area contributed by atoms with Crippen molar-refractivity contribution in [2.75, 3.05) is 18.8 Å². The van der Waals surface area contributed by atoms with Gasteiger partial charge in [0, 0.05) is 6.54 Å². The Labute approximate surface area is 118 Å². The molecule has 2 unspecified atom stereocenters. The number of hydrogen-bond acceptors (Lipinski definition) is 4. The number of nitrogens with zero attached hydrogens (tertiary/aromatic N) is 1. The van der Waals surface area contributed by atoms with Gasteiger partial charge in [0.15, 0.2) is 9.84 Å². The largest absolute Gasteiger partial charge is 0.340 e. The standard InChI is InChI=1S/C13H20N2O4S/c1-13(9-4-5-9)12(17)15(8-11(16)14-13)7-10-3-2-6-20(10,18)19/h9-10H,2-8H2,1H3,(H,14,16). The molecule has 3 fully saturated rings. The van der Waals surface area contributed by atoms with Gasteiger partial charge in [-0.2, -0.15) is 0 Å². The molecule has 1 N–H and O–H groups in total. The van der Waals surface area contributed by atoms with E-state index in [0.717, 1.165) is 12.8 Å². The van der Waals surface area contributed by atoms with E-state index in [1.165, 1.54) is 4.90 Å². The van der Waals surface area contributed by atoms with Gasteiger partial charge in [0.25, 0.3) is 0 Å². The molecule has 2 amide bonds. The Bertz CT molecular complexity index is 555. The van der Waals surface area contributed by atoms with Crippen LogP contribution in [0.3, 0.4) is 0 Å². The van der Waals surface area contributed by atoms with E-state index < -0.39 is 20.6 Å². The van der Waals surface area contributed by atoms with Crippen molar-refractivity contribution in [3.05, 3.63) is 0 Å². The minimum Gasteiger partial charge on any atom is -0.340 e. The van der Waals surface area contributed by atoms with Gasteiger partial charge in [-0.05, 0) is 38.5 Å². The highest BCUT2D eigenvalue weighted by atomic mass is 32.2. The molecule has 3 rings (SSSR count). The van der Waals surface area contributed by atoms with Gasteiger partial charge >= 0.3 is 0 Å². The molecule has 0 spiro atoms. The molecule has 2 saturated heterocycles. The van der Waals surface area contributed by atoms with Crippen LogP contribution in [0.25, 0.3) is 0 Å². The van der Waals surface area contributed by atoms with Gasteiger partial charge in [-0.1, -0.05) is 0 Å². The van der Waals surface area contributed by atoms with Crippen LogP contribution < -0.4 is 5.32 Å². The molecule has 1 aliphatic carbocycles. The fourth-order valence-corrected chi connectivity index (χ4v) is 5.19. The number of amides is 2. The lowest BCUT2D eigenvalue weighted by molar-refractivity contribution is -0.150. The first-order chi connectivity index (χ1) is 9.33. The van der Waals surface area contributed by atoms with Crippen LogP contribution in [0.15, 0.2) is 0 Å². The smallest absolute Gasteiger partial charge is 0.248 e. The highest BCUT2D eigenvalue weighted by Crippen LogP contribution is 2.41. The second-order valence-electron chi connectivity index (χ2n) is 6.34. The zero-order valence-electron chi connectivity index (χ0n) is 11.6. The SMILES string of the molecule is CC1(C2CC2)NC(=O)CN(CC2CCCS2(=O)=O)C1=O. The highest BCUT2D eigenvalue weighted by Gasteiger charge is 2.53. The Balaban J connectivity index is 1.78. The van der Waals surface area contributed by atoms with E-state index in [4.69, 9.17) is 0 Å². The van der Waals surface area contributed by atoms with Gasteiger partial charge < -0.3 is 10.2 Å². The minimum atomic E-state index is -3.09. The van der Waals surface area contributed by atoms with E-state index in [-0.39, 0.29) is 36.6 Å². The zero-order chi connectivity index (χ0) is 14.5. The lowest BCUT2D eigenvalue weighted by atomic mass is 9.91. The summed E-state index contributed by atoms with van der Waals surface area (Å²) in [6.07, 6.45) is 3.13. The first-order valence-corrected chi connectivity index (χ1v) is 8.86. The van der Waals surface area contributed by atoms with Gasteiger partial charge in [-0.3, -0.25) is 9.59 Å². The highest BCUT2D eigenvalue weighted by molar-refractivity contribution is 7.92. The molecule has 3 aliphatic rings. The number of hydrogen-bond donors (Lipinski definition) is 1.